The number of halogens is 1. The van der Waals surface area contributed by atoms with Crippen LogP contribution < -0.4 is 4.74 Å². The van der Waals surface area contributed by atoms with E-state index in [2.05, 4.69) is 4.98 Å². The number of nitrogens with zero attached hydrogens (tertiary/aromatic N) is 2. The highest BCUT2D eigenvalue weighted by Crippen LogP contribution is 2.20. The highest BCUT2D eigenvalue weighted by molar-refractivity contribution is 6.29. The molecule has 0 spiro atoms. The van der Waals surface area contributed by atoms with Gasteiger partial charge >= 0.3 is 0 Å². The molecule has 1 heterocycles. The van der Waals surface area contributed by atoms with Crippen molar-refractivity contribution in [1.82, 2.24) is 4.98 Å². The summed E-state index contributed by atoms with van der Waals surface area (Å²) < 4.78 is 5.35. The molecule has 0 saturated heterocycles. The maximum Gasteiger partial charge on any atom is 0.155 e. The predicted molar refractivity (Wildman–Crippen MR) is 49.7 cm³/mol. The largest absolute Gasteiger partial charge is 0.488 e. The van der Waals surface area contributed by atoms with Crippen molar-refractivity contribution in [1.29, 1.82) is 5.26 Å². The smallest absolute Gasteiger partial charge is 0.155 e. The lowest BCUT2D eigenvalue weighted by Gasteiger charge is -2.09. The van der Waals surface area contributed by atoms with Crippen LogP contribution in [0.4, 0.5) is 0 Å². The monoisotopic (exact) mass is 196 g/mol. The van der Waals surface area contributed by atoms with Crippen molar-refractivity contribution in [2.75, 3.05) is 0 Å². The zero-order valence-corrected chi connectivity index (χ0v) is 8.17. The zero-order chi connectivity index (χ0) is 9.84. The molecular formula is C9H9ClN2O. The lowest BCUT2D eigenvalue weighted by atomic mass is 10.3. The number of nitriles is 1. The lowest BCUT2D eigenvalue weighted by molar-refractivity contribution is 0.241. The highest BCUT2D eigenvalue weighted by Gasteiger charge is 2.06. The van der Waals surface area contributed by atoms with Crippen molar-refractivity contribution < 1.29 is 4.74 Å². The first-order valence-corrected chi connectivity index (χ1v) is 4.23. The summed E-state index contributed by atoms with van der Waals surface area (Å²) in [6, 6.07) is 3.48. The van der Waals surface area contributed by atoms with E-state index in [-0.39, 0.29) is 6.10 Å². The van der Waals surface area contributed by atoms with Gasteiger partial charge < -0.3 is 4.74 Å². The molecule has 0 aromatic carbocycles. The van der Waals surface area contributed by atoms with Crippen molar-refractivity contribution in [3.63, 3.8) is 0 Å². The van der Waals surface area contributed by atoms with Gasteiger partial charge in [0, 0.05) is 0 Å². The average molecular weight is 197 g/mol. The molecule has 0 bridgehead atoms. The van der Waals surface area contributed by atoms with Gasteiger partial charge in [0.1, 0.15) is 11.2 Å². The molecule has 0 fully saturated rings. The maximum absolute atomic E-state index is 8.74. The normalized spacial score (nSPS) is 9.77. The van der Waals surface area contributed by atoms with E-state index in [0.29, 0.717) is 16.5 Å². The van der Waals surface area contributed by atoms with Crippen LogP contribution in [0.3, 0.4) is 0 Å². The van der Waals surface area contributed by atoms with Crippen LogP contribution in [0.15, 0.2) is 12.3 Å². The molecule has 68 valence electrons. The molecule has 0 aliphatic carbocycles. The molecule has 1 aromatic rings. The topological polar surface area (TPSA) is 45.9 Å². The molecule has 13 heavy (non-hydrogen) atoms. The summed E-state index contributed by atoms with van der Waals surface area (Å²) in [6.45, 7) is 3.77. The van der Waals surface area contributed by atoms with Gasteiger partial charge in [-0.3, -0.25) is 0 Å². The SMILES string of the molecule is CC(C)Oc1cnc(Cl)cc1C#N. The van der Waals surface area contributed by atoms with Gasteiger partial charge in [-0.05, 0) is 19.9 Å². The fraction of sp³-hybridized carbons (Fsp3) is 0.333. The third-order valence-electron chi connectivity index (χ3n) is 1.32. The van der Waals surface area contributed by atoms with E-state index in [1.54, 1.807) is 0 Å². The first kappa shape index (κ1) is 9.82. The van der Waals surface area contributed by atoms with Gasteiger partial charge in [-0.15, -0.1) is 0 Å². The second-order valence-electron chi connectivity index (χ2n) is 2.78. The Kier molecular flexibility index (Phi) is 3.10. The molecule has 0 unspecified atom stereocenters. The van der Waals surface area contributed by atoms with Crippen LogP contribution in [0.5, 0.6) is 5.75 Å². The zero-order valence-electron chi connectivity index (χ0n) is 7.41. The third kappa shape index (κ3) is 2.60. The molecule has 0 atom stereocenters. The minimum Gasteiger partial charge on any atom is -0.488 e. The van der Waals surface area contributed by atoms with Gasteiger partial charge in [0.15, 0.2) is 5.75 Å². The van der Waals surface area contributed by atoms with Gasteiger partial charge in [0.2, 0.25) is 0 Å². The number of aromatic nitrogens is 1. The molecule has 0 aliphatic heterocycles. The quantitative estimate of drug-likeness (QED) is 0.683. The van der Waals surface area contributed by atoms with Crippen molar-refractivity contribution in [2.24, 2.45) is 0 Å². The van der Waals surface area contributed by atoms with Gasteiger partial charge in [-0.25, -0.2) is 4.98 Å². The van der Waals surface area contributed by atoms with E-state index in [0.717, 1.165) is 0 Å². The Labute approximate surface area is 81.9 Å². The van der Waals surface area contributed by atoms with Crippen LogP contribution >= 0.6 is 11.6 Å². The Balaban J connectivity index is 3.01. The van der Waals surface area contributed by atoms with Crippen LogP contribution in [-0.2, 0) is 0 Å². The average Bonchev–Trinajstić information content (AvgIpc) is 2.07. The minimum atomic E-state index is 0.0232. The summed E-state index contributed by atoms with van der Waals surface area (Å²) in [5.41, 5.74) is 0.411. The van der Waals surface area contributed by atoms with E-state index < -0.39 is 0 Å². The number of hydrogen-bond donors (Lipinski definition) is 0. The Morgan fingerprint density at radius 3 is 2.85 bits per heavy atom. The second-order valence-corrected chi connectivity index (χ2v) is 3.17. The third-order valence-corrected chi connectivity index (χ3v) is 1.52. The minimum absolute atomic E-state index is 0.0232. The van der Waals surface area contributed by atoms with E-state index in [1.807, 2.05) is 19.9 Å². The van der Waals surface area contributed by atoms with Crippen molar-refractivity contribution in [3.8, 4) is 11.8 Å². The predicted octanol–water partition coefficient (Wildman–Crippen LogP) is 2.39. The standard InChI is InChI=1S/C9H9ClN2O/c1-6(2)13-8-5-12-9(10)3-7(8)4-11/h3,5-6H,1-2H3. The molecule has 1 rings (SSSR count). The fourth-order valence-corrected chi connectivity index (χ4v) is 1.01. The first-order chi connectivity index (χ1) is 6.13. The van der Waals surface area contributed by atoms with Crippen LogP contribution in [0.2, 0.25) is 5.15 Å². The van der Waals surface area contributed by atoms with Crippen molar-refractivity contribution in [3.05, 3.63) is 23.0 Å². The summed E-state index contributed by atoms with van der Waals surface area (Å²) in [5, 5.41) is 9.04. The Morgan fingerprint density at radius 2 is 2.31 bits per heavy atom. The Hall–Kier alpha value is -1.27. The molecule has 3 nitrogen and oxygen atoms in total. The molecule has 4 heteroatoms. The van der Waals surface area contributed by atoms with Gasteiger partial charge in [-0.2, -0.15) is 5.26 Å². The van der Waals surface area contributed by atoms with Gasteiger partial charge in [0.05, 0.1) is 17.9 Å². The van der Waals surface area contributed by atoms with Gasteiger partial charge in [-0.1, -0.05) is 11.6 Å². The summed E-state index contributed by atoms with van der Waals surface area (Å²) >= 11 is 5.61. The van der Waals surface area contributed by atoms with Crippen molar-refractivity contribution >= 4 is 11.6 Å². The summed E-state index contributed by atoms with van der Waals surface area (Å²) in [5.74, 6) is 0.474. The maximum atomic E-state index is 8.74. The van der Waals surface area contributed by atoms with Gasteiger partial charge in [0.25, 0.3) is 0 Å². The summed E-state index contributed by atoms with van der Waals surface area (Å²) in [6.07, 6.45) is 1.48. The van der Waals surface area contributed by atoms with E-state index >= 15 is 0 Å². The van der Waals surface area contributed by atoms with Crippen LogP contribution in [-0.4, -0.2) is 11.1 Å². The molecule has 0 saturated carbocycles. The molecule has 0 radical (unpaired) electrons. The Bertz CT molecular complexity index is 344. The fourth-order valence-electron chi connectivity index (χ4n) is 0.853. The second kappa shape index (κ2) is 4.11. The molecule has 1 aromatic heterocycles. The summed E-state index contributed by atoms with van der Waals surface area (Å²) in [4.78, 5) is 3.83. The number of hydrogen-bond acceptors (Lipinski definition) is 3. The van der Waals surface area contributed by atoms with Crippen molar-refractivity contribution in [2.45, 2.75) is 20.0 Å². The van der Waals surface area contributed by atoms with E-state index in [9.17, 15) is 0 Å². The number of rotatable bonds is 2. The molecule has 0 N–H and O–H groups in total. The Morgan fingerprint density at radius 1 is 1.62 bits per heavy atom. The van der Waals surface area contributed by atoms with E-state index in [4.69, 9.17) is 21.6 Å². The number of ether oxygens (including phenoxy) is 1. The van der Waals surface area contributed by atoms with Crippen LogP contribution in [0.25, 0.3) is 0 Å². The molecular weight excluding hydrogens is 188 g/mol. The van der Waals surface area contributed by atoms with Crippen LogP contribution in [0, 0.1) is 11.3 Å². The first-order valence-electron chi connectivity index (χ1n) is 3.85. The van der Waals surface area contributed by atoms with Crippen LogP contribution in [0.1, 0.15) is 19.4 Å². The lowest BCUT2D eigenvalue weighted by Crippen LogP contribution is -2.07. The van der Waals surface area contributed by atoms with E-state index in [1.165, 1.54) is 12.3 Å². The molecule has 0 aliphatic rings. The summed E-state index contributed by atoms with van der Waals surface area (Å²) in [7, 11) is 0. The molecule has 0 amide bonds. The number of pyridine rings is 1. The highest BCUT2D eigenvalue weighted by atomic mass is 35.5.